The van der Waals surface area contributed by atoms with E-state index in [0.29, 0.717) is 11.3 Å². The molecule has 0 spiro atoms. The Labute approximate surface area is 165 Å². The van der Waals surface area contributed by atoms with Crippen molar-refractivity contribution in [2.24, 2.45) is 10.2 Å². The van der Waals surface area contributed by atoms with Crippen molar-refractivity contribution in [3.63, 3.8) is 0 Å². The molecule has 28 heavy (non-hydrogen) atoms. The largest absolute Gasteiger partial charge is 0.378 e. The number of benzene rings is 3. The van der Waals surface area contributed by atoms with E-state index in [1.807, 2.05) is 92.6 Å². The summed E-state index contributed by atoms with van der Waals surface area (Å²) in [5, 5.41) is 11.6. The Hall–Kier alpha value is -3.47. The number of hydrogen-bond acceptors (Lipinski definition) is 4. The van der Waals surface area contributed by atoms with E-state index in [1.165, 1.54) is 0 Å². The maximum atomic E-state index is 12.8. The molecule has 0 heterocycles. The lowest BCUT2D eigenvalue weighted by atomic mass is 10.1. The second-order valence-corrected chi connectivity index (χ2v) is 6.73. The van der Waals surface area contributed by atoms with Crippen LogP contribution in [0.2, 0.25) is 0 Å². The molecule has 5 heteroatoms. The number of nitrogens with zero attached hydrogens (tertiary/aromatic N) is 3. The van der Waals surface area contributed by atoms with E-state index in [-0.39, 0.29) is 11.9 Å². The van der Waals surface area contributed by atoms with E-state index in [9.17, 15) is 4.79 Å². The monoisotopic (exact) mass is 372 g/mol. The summed E-state index contributed by atoms with van der Waals surface area (Å²) in [6.07, 6.45) is 0. The van der Waals surface area contributed by atoms with Crippen LogP contribution in [0.1, 0.15) is 28.9 Å². The summed E-state index contributed by atoms with van der Waals surface area (Å²) >= 11 is 0. The standard InChI is InChI=1S/C23H24N4O/c1-17(18-9-5-4-6-10-18)24-23(28)21-11-7-8-12-22(21)26-25-19-13-15-20(16-14-19)27(2)3/h4-17H,1-3H3,(H,24,28)/t17-/m1/s1. The Morgan fingerprint density at radius 3 is 2.18 bits per heavy atom. The number of azo groups is 1. The topological polar surface area (TPSA) is 57.1 Å². The number of hydrogen-bond donors (Lipinski definition) is 1. The molecule has 0 saturated carbocycles. The predicted molar refractivity (Wildman–Crippen MR) is 114 cm³/mol. The molecule has 0 aliphatic carbocycles. The molecule has 0 aromatic heterocycles. The molecule has 1 atom stereocenters. The van der Waals surface area contributed by atoms with Crippen molar-refractivity contribution in [1.82, 2.24) is 5.32 Å². The van der Waals surface area contributed by atoms with Crippen molar-refractivity contribution >= 4 is 23.0 Å². The van der Waals surface area contributed by atoms with E-state index < -0.39 is 0 Å². The summed E-state index contributed by atoms with van der Waals surface area (Å²) in [7, 11) is 3.98. The smallest absolute Gasteiger partial charge is 0.254 e. The number of anilines is 1. The third kappa shape index (κ3) is 4.82. The van der Waals surface area contributed by atoms with Crippen molar-refractivity contribution in [2.45, 2.75) is 13.0 Å². The van der Waals surface area contributed by atoms with Gasteiger partial charge in [0.25, 0.3) is 5.91 Å². The highest BCUT2D eigenvalue weighted by Gasteiger charge is 2.14. The lowest BCUT2D eigenvalue weighted by Gasteiger charge is -2.15. The van der Waals surface area contributed by atoms with Gasteiger partial charge in [-0.1, -0.05) is 42.5 Å². The van der Waals surface area contributed by atoms with Gasteiger partial charge in [-0.15, -0.1) is 5.11 Å². The molecule has 0 bridgehead atoms. The first-order chi connectivity index (χ1) is 13.5. The second kappa shape index (κ2) is 8.95. The van der Waals surface area contributed by atoms with Crippen molar-refractivity contribution in [3.05, 3.63) is 90.0 Å². The van der Waals surface area contributed by atoms with Gasteiger partial charge < -0.3 is 10.2 Å². The van der Waals surface area contributed by atoms with E-state index in [4.69, 9.17) is 0 Å². The highest BCUT2D eigenvalue weighted by Crippen LogP contribution is 2.24. The second-order valence-electron chi connectivity index (χ2n) is 6.73. The number of nitrogens with one attached hydrogen (secondary N) is 1. The molecule has 3 rings (SSSR count). The zero-order valence-electron chi connectivity index (χ0n) is 16.3. The van der Waals surface area contributed by atoms with E-state index in [1.54, 1.807) is 12.1 Å². The van der Waals surface area contributed by atoms with Crippen molar-refractivity contribution in [3.8, 4) is 0 Å². The maximum Gasteiger partial charge on any atom is 0.254 e. The van der Waals surface area contributed by atoms with Gasteiger partial charge in [0, 0.05) is 19.8 Å². The van der Waals surface area contributed by atoms with Crippen LogP contribution in [0.25, 0.3) is 0 Å². The summed E-state index contributed by atoms with van der Waals surface area (Å²) in [6.45, 7) is 1.96. The fourth-order valence-electron chi connectivity index (χ4n) is 2.78. The first-order valence-corrected chi connectivity index (χ1v) is 9.18. The van der Waals surface area contributed by atoms with Crippen LogP contribution >= 0.6 is 0 Å². The molecule has 0 unspecified atom stereocenters. The summed E-state index contributed by atoms with van der Waals surface area (Å²) in [6, 6.07) is 24.8. The first kappa shape index (κ1) is 19.3. The zero-order chi connectivity index (χ0) is 19.9. The van der Waals surface area contributed by atoms with Crippen molar-refractivity contribution in [1.29, 1.82) is 0 Å². The molecular weight excluding hydrogens is 348 g/mol. The molecule has 5 nitrogen and oxygen atoms in total. The molecule has 1 amide bonds. The summed E-state index contributed by atoms with van der Waals surface area (Å²) in [5.41, 5.74) is 3.92. The number of amides is 1. The lowest BCUT2D eigenvalue weighted by Crippen LogP contribution is -2.26. The summed E-state index contributed by atoms with van der Waals surface area (Å²) < 4.78 is 0. The quantitative estimate of drug-likeness (QED) is 0.568. The molecule has 0 aliphatic rings. The number of rotatable bonds is 6. The van der Waals surface area contributed by atoms with Gasteiger partial charge >= 0.3 is 0 Å². The molecule has 1 N–H and O–H groups in total. The van der Waals surface area contributed by atoms with Crippen LogP contribution in [0, 0.1) is 0 Å². The van der Waals surface area contributed by atoms with Crippen LogP contribution < -0.4 is 10.2 Å². The fraction of sp³-hybridized carbons (Fsp3) is 0.174. The summed E-state index contributed by atoms with van der Waals surface area (Å²) in [5.74, 6) is -0.172. The van der Waals surface area contributed by atoms with E-state index in [0.717, 1.165) is 16.9 Å². The minimum Gasteiger partial charge on any atom is -0.378 e. The van der Waals surface area contributed by atoms with E-state index >= 15 is 0 Å². The highest BCUT2D eigenvalue weighted by molar-refractivity contribution is 5.99. The van der Waals surface area contributed by atoms with Crippen molar-refractivity contribution in [2.75, 3.05) is 19.0 Å². The lowest BCUT2D eigenvalue weighted by molar-refractivity contribution is 0.0940. The average Bonchev–Trinajstić information content (AvgIpc) is 2.73. The fourth-order valence-corrected chi connectivity index (χ4v) is 2.78. The van der Waals surface area contributed by atoms with Crippen LogP contribution in [-0.4, -0.2) is 20.0 Å². The molecular formula is C23H24N4O. The van der Waals surface area contributed by atoms with Crippen molar-refractivity contribution < 1.29 is 4.79 Å². The van der Waals surface area contributed by atoms with Crippen LogP contribution in [-0.2, 0) is 0 Å². The van der Waals surface area contributed by atoms with Gasteiger partial charge in [0.2, 0.25) is 0 Å². The number of carbonyl (C=O) groups excluding carboxylic acids is 1. The van der Waals surface area contributed by atoms with Crippen LogP contribution in [0.15, 0.2) is 89.1 Å². The number of carbonyl (C=O) groups is 1. The van der Waals surface area contributed by atoms with Crippen LogP contribution in [0.4, 0.5) is 17.1 Å². The Bertz CT molecular complexity index is 950. The first-order valence-electron chi connectivity index (χ1n) is 9.18. The van der Waals surface area contributed by atoms with Gasteiger partial charge in [0.15, 0.2) is 0 Å². The Balaban J connectivity index is 1.76. The molecule has 0 fully saturated rings. The molecule has 0 aliphatic heterocycles. The van der Waals surface area contributed by atoms with Gasteiger partial charge in [-0.25, -0.2) is 0 Å². The van der Waals surface area contributed by atoms with Gasteiger partial charge in [-0.2, -0.15) is 5.11 Å². The minimum atomic E-state index is -0.172. The molecule has 3 aromatic rings. The molecule has 3 aromatic carbocycles. The molecule has 142 valence electrons. The van der Waals surface area contributed by atoms with Gasteiger partial charge in [0.1, 0.15) is 0 Å². The van der Waals surface area contributed by atoms with Gasteiger partial charge in [-0.05, 0) is 48.9 Å². The van der Waals surface area contributed by atoms with E-state index in [2.05, 4.69) is 15.5 Å². The third-order valence-corrected chi connectivity index (χ3v) is 4.44. The summed E-state index contributed by atoms with van der Waals surface area (Å²) in [4.78, 5) is 14.8. The Morgan fingerprint density at radius 1 is 0.857 bits per heavy atom. The normalized spacial score (nSPS) is 12.0. The third-order valence-electron chi connectivity index (χ3n) is 4.44. The predicted octanol–water partition coefficient (Wildman–Crippen LogP) is 5.66. The maximum absolute atomic E-state index is 12.8. The van der Waals surface area contributed by atoms with Gasteiger partial charge in [0.05, 0.1) is 23.0 Å². The van der Waals surface area contributed by atoms with Crippen LogP contribution in [0.5, 0.6) is 0 Å². The Morgan fingerprint density at radius 2 is 1.50 bits per heavy atom. The minimum absolute atomic E-state index is 0.0997. The zero-order valence-corrected chi connectivity index (χ0v) is 16.3. The highest BCUT2D eigenvalue weighted by atomic mass is 16.1. The van der Waals surface area contributed by atoms with Gasteiger partial charge in [-0.3, -0.25) is 4.79 Å². The molecule has 0 saturated heterocycles. The Kier molecular flexibility index (Phi) is 6.17. The van der Waals surface area contributed by atoms with Crippen LogP contribution in [0.3, 0.4) is 0 Å². The average molecular weight is 372 g/mol. The molecule has 0 radical (unpaired) electrons. The SMILES string of the molecule is C[C@@H](NC(=O)c1ccccc1N=Nc1ccc(N(C)C)cc1)c1ccccc1.